The Morgan fingerprint density at radius 1 is 1.10 bits per heavy atom. The lowest BCUT2D eigenvalue weighted by Gasteiger charge is -2.11. The standard InChI is InChI=1S/C17H15Cl2NO/c18-17(19)11-14(17)16(21)20-15-9-5-4-8-13(15)10-12-6-2-1-3-7-12/h1-9,14H,10-11H2,(H,20,21). The van der Waals surface area contributed by atoms with Crippen LogP contribution in [0.5, 0.6) is 0 Å². The third-order valence-electron chi connectivity index (χ3n) is 3.66. The van der Waals surface area contributed by atoms with Gasteiger partial charge in [-0.25, -0.2) is 0 Å². The van der Waals surface area contributed by atoms with Crippen LogP contribution in [0.25, 0.3) is 0 Å². The third kappa shape index (κ3) is 3.39. The van der Waals surface area contributed by atoms with Gasteiger partial charge in [0.05, 0.1) is 5.92 Å². The van der Waals surface area contributed by atoms with Crippen molar-refractivity contribution in [2.24, 2.45) is 5.92 Å². The number of carbonyl (C=O) groups is 1. The van der Waals surface area contributed by atoms with Crippen LogP contribution in [0.4, 0.5) is 5.69 Å². The molecule has 1 unspecified atom stereocenters. The molecule has 1 aliphatic rings. The summed E-state index contributed by atoms with van der Waals surface area (Å²) in [7, 11) is 0. The molecule has 1 N–H and O–H groups in total. The number of rotatable bonds is 4. The van der Waals surface area contributed by atoms with Gasteiger partial charge in [0.1, 0.15) is 4.33 Å². The highest BCUT2D eigenvalue weighted by molar-refractivity contribution is 6.52. The maximum atomic E-state index is 12.1. The highest BCUT2D eigenvalue weighted by atomic mass is 35.5. The number of para-hydroxylation sites is 1. The Labute approximate surface area is 134 Å². The molecule has 0 aliphatic heterocycles. The lowest BCUT2D eigenvalue weighted by atomic mass is 10.0. The predicted octanol–water partition coefficient (Wildman–Crippen LogP) is 4.41. The smallest absolute Gasteiger partial charge is 0.230 e. The molecule has 2 nitrogen and oxygen atoms in total. The van der Waals surface area contributed by atoms with Crippen molar-refractivity contribution in [2.45, 2.75) is 17.2 Å². The molecule has 21 heavy (non-hydrogen) atoms. The summed E-state index contributed by atoms with van der Waals surface area (Å²) in [6.45, 7) is 0. The molecule has 0 bridgehead atoms. The molecular weight excluding hydrogens is 305 g/mol. The van der Waals surface area contributed by atoms with Crippen molar-refractivity contribution in [1.29, 1.82) is 0 Å². The van der Waals surface area contributed by atoms with Crippen molar-refractivity contribution in [3.05, 3.63) is 65.7 Å². The van der Waals surface area contributed by atoms with Crippen molar-refractivity contribution in [1.82, 2.24) is 0 Å². The van der Waals surface area contributed by atoms with Crippen molar-refractivity contribution >= 4 is 34.8 Å². The molecule has 2 aromatic carbocycles. The van der Waals surface area contributed by atoms with Gasteiger partial charge in [-0.05, 0) is 30.0 Å². The summed E-state index contributed by atoms with van der Waals surface area (Å²) in [4.78, 5) is 12.1. The van der Waals surface area contributed by atoms with E-state index in [-0.39, 0.29) is 11.8 Å². The number of carbonyl (C=O) groups excluding carboxylic acids is 1. The fourth-order valence-corrected chi connectivity index (χ4v) is 2.84. The Balaban J connectivity index is 1.75. The first kappa shape index (κ1) is 14.4. The van der Waals surface area contributed by atoms with Gasteiger partial charge < -0.3 is 5.32 Å². The largest absolute Gasteiger partial charge is 0.325 e. The van der Waals surface area contributed by atoms with Gasteiger partial charge in [-0.1, -0.05) is 48.5 Å². The first-order valence-electron chi connectivity index (χ1n) is 6.87. The van der Waals surface area contributed by atoms with E-state index in [1.807, 2.05) is 42.5 Å². The predicted molar refractivity (Wildman–Crippen MR) is 86.9 cm³/mol. The van der Waals surface area contributed by atoms with Crippen LogP contribution in [0.15, 0.2) is 54.6 Å². The summed E-state index contributed by atoms with van der Waals surface area (Å²) in [5.41, 5.74) is 3.10. The van der Waals surface area contributed by atoms with E-state index in [0.717, 1.165) is 17.7 Å². The van der Waals surface area contributed by atoms with Gasteiger partial charge in [0.15, 0.2) is 0 Å². The Kier molecular flexibility index (Phi) is 3.92. The lowest BCUT2D eigenvalue weighted by molar-refractivity contribution is -0.117. The zero-order chi connectivity index (χ0) is 14.9. The van der Waals surface area contributed by atoms with Crippen LogP contribution in [-0.4, -0.2) is 10.2 Å². The zero-order valence-corrected chi connectivity index (χ0v) is 12.9. The zero-order valence-electron chi connectivity index (χ0n) is 11.4. The second-order valence-corrected chi connectivity index (χ2v) is 6.87. The first-order valence-corrected chi connectivity index (χ1v) is 7.62. The topological polar surface area (TPSA) is 29.1 Å². The maximum absolute atomic E-state index is 12.1. The Morgan fingerprint density at radius 2 is 1.71 bits per heavy atom. The monoisotopic (exact) mass is 319 g/mol. The minimum absolute atomic E-state index is 0.111. The molecule has 1 aliphatic carbocycles. The van der Waals surface area contributed by atoms with E-state index in [0.29, 0.717) is 6.42 Å². The molecule has 1 saturated carbocycles. The van der Waals surface area contributed by atoms with E-state index < -0.39 is 4.33 Å². The fourth-order valence-electron chi connectivity index (χ4n) is 2.33. The van der Waals surface area contributed by atoms with Gasteiger partial charge in [0, 0.05) is 5.69 Å². The Hall–Kier alpha value is -1.51. The Morgan fingerprint density at radius 3 is 2.38 bits per heavy atom. The fraction of sp³-hybridized carbons (Fsp3) is 0.235. The molecule has 0 spiro atoms. The van der Waals surface area contributed by atoms with Crippen molar-refractivity contribution < 1.29 is 4.79 Å². The Bertz CT molecular complexity index is 655. The molecule has 2 aromatic rings. The van der Waals surface area contributed by atoms with Crippen molar-refractivity contribution in [3.8, 4) is 0 Å². The van der Waals surface area contributed by atoms with Gasteiger partial charge in [-0.15, -0.1) is 23.2 Å². The van der Waals surface area contributed by atoms with Crippen molar-refractivity contribution in [3.63, 3.8) is 0 Å². The molecule has 1 fully saturated rings. The van der Waals surface area contributed by atoms with Crippen LogP contribution in [-0.2, 0) is 11.2 Å². The van der Waals surface area contributed by atoms with E-state index in [1.54, 1.807) is 0 Å². The molecule has 0 saturated heterocycles. The molecule has 3 rings (SSSR count). The van der Waals surface area contributed by atoms with Crippen LogP contribution in [0.1, 0.15) is 17.5 Å². The maximum Gasteiger partial charge on any atom is 0.230 e. The number of halogens is 2. The minimum atomic E-state index is -0.890. The average molecular weight is 320 g/mol. The third-order valence-corrected chi connectivity index (χ3v) is 4.49. The normalized spacial score (nSPS) is 19.0. The van der Waals surface area contributed by atoms with Crippen LogP contribution in [0, 0.1) is 5.92 Å². The van der Waals surface area contributed by atoms with Gasteiger partial charge in [0.2, 0.25) is 5.91 Å². The SMILES string of the molecule is O=C(Nc1ccccc1Cc1ccccc1)C1CC1(Cl)Cl. The molecule has 108 valence electrons. The average Bonchev–Trinajstić information content (AvgIpc) is 3.11. The number of hydrogen-bond donors (Lipinski definition) is 1. The lowest BCUT2D eigenvalue weighted by Crippen LogP contribution is -2.17. The summed E-state index contributed by atoms with van der Waals surface area (Å²) in [5.74, 6) is -0.425. The van der Waals surface area contributed by atoms with E-state index in [9.17, 15) is 4.79 Å². The van der Waals surface area contributed by atoms with E-state index in [2.05, 4.69) is 17.4 Å². The molecule has 0 aromatic heterocycles. The molecular formula is C17H15Cl2NO. The van der Waals surface area contributed by atoms with Gasteiger partial charge >= 0.3 is 0 Å². The molecule has 1 amide bonds. The van der Waals surface area contributed by atoms with Crippen LogP contribution in [0.3, 0.4) is 0 Å². The molecule has 0 heterocycles. The van der Waals surface area contributed by atoms with Gasteiger partial charge in [-0.3, -0.25) is 4.79 Å². The summed E-state index contributed by atoms with van der Waals surface area (Å²) >= 11 is 11.9. The number of nitrogens with one attached hydrogen (secondary N) is 1. The molecule has 4 heteroatoms. The number of amides is 1. The van der Waals surface area contributed by atoms with Crippen LogP contribution >= 0.6 is 23.2 Å². The second-order valence-electron chi connectivity index (χ2n) is 5.33. The number of alkyl halides is 2. The molecule has 1 atom stereocenters. The quantitative estimate of drug-likeness (QED) is 0.831. The summed E-state index contributed by atoms with van der Waals surface area (Å²) < 4.78 is -0.890. The molecule has 0 radical (unpaired) electrons. The highest BCUT2D eigenvalue weighted by Crippen LogP contribution is 2.53. The van der Waals surface area contributed by atoms with Gasteiger partial charge in [-0.2, -0.15) is 0 Å². The van der Waals surface area contributed by atoms with E-state index in [1.165, 1.54) is 5.56 Å². The summed E-state index contributed by atoms with van der Waals surface area (Å²) in [5, 5.41) is 2.94. The summed E-state index contributed by atoms with van der Waals surface area (Å²) in [6.07, 6.45) is 1.29. The number of anilines is 1. The van der Waals surface area contributed by atoms with Crippen LogP contribution < -0.4 is 5.32 Å². The van der Waals surface area contributed by atoms with Crippen molar-refractivity contribution in [2.75, 3.05) is 5.32 Å². The van der Waals surface area contributed by atoms with E-state index in [4.69, 9.17) is 23.2 Å². The van der Waals surface area contributed by atoms with Crippen LogP contribution in [0.2, 0.25) is 0 Å². The number of benzene rings is 2. The second kappa shape index (κ2) is 5.70. The highest BCUT2D eigenvalue weighted by Gasteiger charge is 2.56. The van der Waals surface area contributed by atoms with E-state index >= 15 is 0 Å². The van der Waals surface area contributed by atoms with Gasteiger partial charge in [0.25, 0.3) is 0 Å². The first-order chi connectivity index (χ1) is 10.1. The minimum Gasteiger partial charge on any atom is -0.325 e. The summed E-state index contributed by atoms with van der Waals surface area (Å²) in [6, 6.07) is 18.0. The number of hydrogen-bond acceptors (Lipinski definition) is 1.